The number of nitrogens with one attached hydrogen (secondary N) is 1. The second-order valence-electron chi connectivity index (χ2n) is 5.75. The van der Waals surface area contributed by atoms with E-state index in [0.29, 0.717) is 0 Å². The van der Waals surface area contributed by atoms with E-state index in [1.807, 2.05) is 13.8 Å². The Bertz CT molecular complexity index is 707. The average Bonchev–Trinajstić information content (AvgIpc) is 2.51. The van der Waals surface area contributed by atoms with Crippen LogP contribution in [0, 0.1) is 0 Å². The van der Waals surface area contributed by atoms with E-state index in [2.05, 4.69) is 5.32 Å². The maximum Gasteiger partial charge on any atom is 0.251 e. The fourth-order valence-electron chi connectivity index (χ4n) is 2.52. The van der Waals surface area contributed by atoms with Crippen molar-refractivity contribution >= 4 is 21.8 Å². The van der Waals surface area contributed by atoms with Gasteiger partial charge in [-0.25, -0.2) is 8.42 Å². The lowest BCUT2D eigenvalue weighted by Crippen LogP contribution is -2.48. The van der Waals surface area contributed by atoms with Crippen LogP contribution in [0.1, 0.15) is 24.2 Å². The Morgan fingerprint density at radius 2 is 1.75 bits per heavy atom. The second-order valence-corrected chi connectivity index (χ2v) is 7.69. The van der Waals surface area contributed by atoms with E-state index >= 15 is 0 Å². The molecule has 2 amide bonds. The lowest BCUT2D eigenvalue weighted by molar-refractivity contribution is -0.117. The van der Waals surface area contributed by atoms with E-state index in [1.54, 1.807) is 0 Å². The number of carbonyl (C=O) groups is 2. The van der Waals surface area contributed by atoms with Gasteiger partial charge in [0.05, 0.1) is 23.6 Å². The van der Waals surface area contributed by atoms with Crippen LogP contribution in [0.2, 0.25) is 0 Å². The lowest BCUT2D eigenvalue weighted by Gasteiger charge is -2.34. The lowest BCUT2D eigenvalue weighted by atomic mass is 10.2. The molecular weight excluding hydrogens is 334 g/mol. The highest BCUT2D eigenvalue weighted by Gasteiger charge is 2.32. The Morgan fingerprint density at radius 1 is 1.21 bits per heavy atom. The Labute approximate surface area is 141 Å². The minimum absolute atomic E-state index is 0.107. The molecule has 1 aliphatic rings. The van der Waals surface area contributed by atoms with Crippen LogP contribution in [0.4, 0.5) is 0 Å². The Kier molecular flexibility index (Phi) is 5.58. The Balaban J connectivity index is 2.14. The summed E-state index contributed by atoms with van der Waals surface area (Å²) in [5, 5.41) is 2.34. The van der Waals surface area contributed by atoms with Crippen molar-refractivity contribution in [3.8, 4) is 0 Å². The van der Waals surface area contributed by atoms with Gasteiger partial charge in [0.25, 0.3) is 5.91 Å². The molecule has 1 aliphatic heterocycles. The molecule has 2 atom stereocenters. The summed E-state index contributed by atoms with van der Waals surface area (Å²) in [5.74, 6) is -1.15. The van der Waals surface area contributed by atoms with Crippen molar-refractivity contribution < 1.29 is 22.7 Å². The van der Waals surface area contributed by atoms with Crippen LogP contribution >= 0.6 is 0 Å². The number of sulfonamides is 1. The molecule has 8 nitrogen and oxygen atoms in total. The number of nitrogens with zero attached hydrogens (tertiary/aromatic N) is 1. The third-order valence-corrected chi connectivity index (χ3v) is 5.41. The molecule has 0 unspecified atom stereocenters. The van der Waals surface area contributed by atoms with E-state index < -0.39 is 21.8 Å². The molecule has 132 valence electrons. The first-order chi connectivity index (χ1) is 11.2. The van der Waals surface area contributed by atoms with Crippen LogP contribution in [0.5, 0.6) is 0 Å². The van der Waals surface area contributed by atoms with Gasteiger partial charge in [0.2, 0.25) is 15.9 Å². The van der Waals surface area contributed by atoms with Gasteiger partial charge in [0, 0.05) is 18.7 Å². The predicted molar refractivity (Wildman–Crippen MR) is 86.7 cm³/mol. The summed E-state index contributed by atoms with van der Waals surface area (Å²) in [5.41, 5.74) is 5.21. The van der Waals surface area contributed by atoms with Crippen molar-refractivity contribution in [1.82, 2.24) is 9.62 Å². The SMILES string of the molecule is C[C@H]1CN(S(=O)(=O)c2ccc(C(=O)NCC(N)=O)cc2)C[C@H](C)O1. The smallest absolute Gasteiger partial charge is 0.251 e. The monoisotopic (exact) mass is 355 g/mol. The van der Waals surface area contributed by atoms with Crippen molar-refractivity contribution in [3.05, 3.63) is 29.8 Å². The standard InChI is InChI=1S/C15H21N3O5S/c1-10-8-18(9-11(2)23-10)24(21,22)13-5-3-12(4-6-13)15(20)17-7-14(16)19/h3-6,10-11H,7-9H2,1-2H3,(H2,16,19)(H,17,20)/t10-,11-/m0/s1. The van der Waals surface area contributed by atoms with Crippen molar-refractivity contribution in [1.29, 1.82) is 0 Å². The fourth-order valence-corrected chi connectivity index (χ4v) is 4.11. The zero-order valence-electron chi connectivity index (χ0n) is 13.6. The quantitative estimate of drug-likeness (QED) is 0.752. The molecule has 0 aliphatic carbocycles. The molecule has 1 fully saturated rings. The molecule has 3 N–H and O–H groups in total. The number of ether oxygens (including phenoxy) is 1. The molecule has 1 aromatic rings. The van der Waals surface area contributed by atoms with Crippen LogP contribution in [0.25, 0.3) is 0 Å². The van der Waals surface area contributed by atoms with Crippen molar-refractivity contribution in [2.45, 2.75) is 31.0 Å². The molecule has 1 saturated heterocycles. The molecule has 2 rings (SSSR count). The van der Waals surface area contributed by atoms with Crippen LogP contribution < -0.4 is 11.1 Å². The number of benzene rings is 1. The summed E-state index contributed by atoms with van der Waals surface area (Å²) in [6, 6.07) is 5.55. The summed E-state index contributed by atoms with van der Waals surface area (Å²) >= 11 is 0. The summed E-state index contributed by atoms with van der Waals surface area (Å²) in [7, 11) is -3.65. The van der Waals surface area contributed by atoms with Crippen LogP contribution in [-0.2, 0) is 19.6 Å². The molecule has 0 bridgehead atoms. The van der Waals surface area contributed by atoms with Crippen LogP contribution in [0.15, 0.2) is 29.2 Å². The highest BCUT2D eigenvalue weighted by molar-refractivity contribution is 7.89. The first kappa shape index (κ1) is 18.4. The van der Waals surface area contributed by atoms with Gasteiger partial charge in [-0.3, -0.25) is 9.59 Å². The van der Waals surface area contributed by atoms with Gasteiger partial charge in [-0.05, 0) is 38.1 Å². The normalized spacial score (nSPS) is 22.1. The van der Waals surface area contributed by atoms with Crippen molar-refractivity contribution in [3.63, 3.8) is 0 Å². The third-order valence-electron chi connectivity index (χ3n) is 3.56. The number of rotatable bonds is 5. The number of amides is 2. The number of carbonyl (C=O) groups excluding carboxylic acids is 2. The van der Waals surface area contributed by atoms with Crippen LogP contribution in [-0.4, -0.2) is 56.4 Å². The Morgan fingerprint density at radius 3 is 2.25 bits per heavy atom. The maximum absolute atomic E-state index is 12.7. The molecule has 1 aromatic carbocycles. The van der Waals surface area contributed by atoms with Crippen LogP contribution in [0.3, 0.4) is 0 Å². The summed E-state index contributed by atoms with van der Waals surface area (Å²) in [4.78, 5) is 22.6. The molecule has 0 aromatic heterocycles. The maximum atomic E-state index is 12.7. The summed E-state index contributed by atoms with van der Waals surface area (Å²) in [6.07, 6.45) is -0.357. The first-order valence-electron chi connectivity index (χ1n) is 7.52. The van der Waals surface area contributed by atoms with E-state index in [-0.39, 0.29) is 42.3 Å². The average molecular weight is 355 g/mol. The molecule has 9 heteroatoms. The van der Waals surface area contributed by atoms with Gasteiger partial charge in [-0.2, -0.15) is 4.31 Å². The number of hydrogen-bond donors (Lipinski definition) is 2. The highest BCUT2D eigenvalue weighted by Crippen LogP contribution is 2.21. The molecule has 0 radical (unpaired) electrons. The molecule has 24 heavy (non-hydrogen) atoms. The predicted octanol–water partition coefficient (Wildman–Crippen LogP) is -0.300. The summed E-state index contributed by atoms with van der Waals surface area (Å²) < 4.78 is 32.3. The summed E-state index contributed by atoms with van der Waals surface area (Å²) in [6.45, 7) is 3.94. The highest BCUT2D eigenvalue weighted by atomic mass is 32.2. The molecule has 0 spiro atoms. The van der Waals surface area contributed by atoms with Crippen molar-refractivity contribution in [2.24, 2.45) is 5.73 Å². The first-order valence-corrected chi connectivity index (χ1v) is 8.96. The fraction of sp³-hybridized carbons (Fsp3) is 0.467. The molecule has 1 heterocycles. The third kappa shape index (κ3) is 4.31. The van der Waals surface area contributed by atoms with E-state index in [9.17, 15) is 18.0 Å². The minimum atomic E-state index is -3.65. The van der Waals surface area contributed by atoms with Gasteiger partial charge >= 0.3 is 0 Å². The molecule has 0 saturated carbocycles. The topological polar surface area (TPSA) is 119 Å². The van der Waals surface area contributed by atoms with E-state index in [1.165, 1.54) is 28.6 Å². The molecular formula is C15H21N3O5S. The zero-order valence-corrected chi connectivity index (χ0v) is 14.4. The number of nitrogens with two attached hydrogens (primary N) is 1. The van der Waals surface area contributed by atoms with E-state index in [0.717, 1.165) is 0 Å². The number of hydrogen-bond acceptors (Lipinski definition) is 5. The number of primary amides is 1. The van der Waals surface area contributed by atoms with Gasteiger partial charge in [0.15, 0.2) is 0 Å². The number of morpholine rings is 1. The van der Waals surface area contributed by atoms with Gasteiger partial charge in [-0.15, -0.1) is 0 Å². The zero-order chi connectivity index (χ0) is 17.9. The van der Waals surface area contributed by atoms with E-state index in [4.69, 9.17) is 10.5 Å². The largest absolute Gasteiger partial charge is 0.373 e. The minimum Gasteiger partial charge on any atom is -0.373 e. The Hall–Kier alpha value is -1.97. The van der Waals surface area contributed by atoms with Gasteiger partial charge in [-0.1, -0.05) is 0 Å². The van der Waals surface area contributed by atoms with Crippen molar-refractivity contribution in [2.75, 3.05) is 19.6 Å². The van der Waals surface area contributed by atoms with Gasteiger partial charge < -0.3 is 15.8 Å². The van der Waals surface area contributed by atoms with Gasteiger partial charge in [0.1, 0.15) is 0 Å². The second kappa shape index (κ2) is 7.29.